The summed E-state index contributed by atoms with van der Waals surface area (Å²) in [5, 5.41) is 10.5. The highest BCUT2D eigenvalue weighted by Gasteiger charge is 2.40. The third-order valence-corrected chi connectivity index (χ3v) is 5.71. The second kappa shape index (κ2) is 6.98. The Morgan fingerprint density at radius 1 is 1.35 bits per heavy atom. The summed E-state index contributed by atoms with van der Waals surface area (Å²) in [6, 6.07) is 5.90. The number of esters is 1. The van der Waals surface area contributed by atoms with Gasteiger partial charge < -0.3 is 14.7 Å². The van der Waals surface area contributed by atoms with E-state index in [1.165, 1.54) is 12.8 Å². The van der Waals surface area contributed by atoms with Gasteiger partial charge in [0.1, 0.15) is 12.0 Å². The van der Waals surface area contributed by atoms with Crippen LogP contribution in [0.3, 0.4) is 0 Å². The monoisotopic (exact) mass is 357 g/mol. The normalized spacial score (nSPS) is 28.6. The standard InChI is InChI=1S/C17H21Cl2NO3/c1-20-11-3-4-12(20)8-13(7-11)23-17(22)15(9-21)14-5-2-10(18)6-16(14)19/h2,5-6,11-13,15,21H,3-4,7-9H2,1H3. The largest absolute Gasteiger partial charge is 0.462 e. The second-order valence-electron chi connectivity index (χ2n) is 6.48. The van der Waals surface area contributed by atoms with E-state index in [-0.39, 0.29) is 12.7 Å². The van der Waals surface area contributed by atoms with Crippen LogP contribution in [0.15, 0.2) is 18.2 Å². The van der Waals surface area contributed by atoms with E-state index in [1.807, 2.05) is 0 Å². The van der Waals surface area contributed by atoms with Crippen LogP contribution in [-0.2, 0) is 9.53 Å². The molecule has 3 atom stereocenters. The van der Waals surface area contributed by atoms with Gasteiger partial charge in [-0.2, -0.15) is 0 Å². The molecule has 2 saturated heterocycles. The number of hydrogen-bond acceptors (Lipinski definition) is 4. The summed E-state index contributed by atoms with van der Waals surface area (Å²) in [4.78, 5) is 14.9. The van der Waals surface area contributed by atoms with Crippen molar-refractivity contribution in [2.24, 2.45) is 0 Å². The highest BCUT2D eigenvalue weighted by Crippen LogP contribution is 2.36. The first-order valence-corrected chi connectivity index (χ1v) is 8.73. The maximum atomic E-state index is 12.5. The number of carbonyl (C=O) groups excluding carboxylic acids is 1. The van der Waals surface area contributed by atoms with Gasteiger partial charge in [0.2, 0.25) is 0 Å². The number of ether oxygens (including phenoxy) is 1. The van der Waals surface area contributed by atoms with Crippen molar-refractivity contribution in [3.8, 4) is 0 Å². The number of carbonyl (C=O) groups is 1. The number of benzene rings is 1. The number of aliphatic hydroxyl groups excluding tert-OH is 1. The minimum atomic E-state index is -0.767. The first-order chi connectivity index (χ1) is 11.0. The van der Waals surface area contributed by atoms with Gasteiger partial charge in [-0.25, -0.2) is 0 Å². The molecule has 0 amide bonds. The topological polar surface area (TPSA) is 49.8 Å². The van der Waals surface area contributed by atoms with Crippen LogP contribution < -0.4 is 0 Å². The minimum absolute atomic E-state index is 0.0728. The molecule has 2 aliphatic heterocycles. The summed E-state index contributed by atoms with van der Waals surface area (Å²) < 4.78 is 5.70. The van der Waals surface area contributed by atoms with Crippen molar-refractivity contribution in [1.82, 2.24) is 4.90 Å². The van der Waals surface area contributed by atoms with Gasteiger partial charge in [-0.05, 0) is 50.4 Å². The molecule has 3 unspecified atom stereocenters. The van der Waals surface area contributed by atoms with Gasteiger partial charge >= 0.3 is 5.97 Å². The fraction of sp³-hybridized carbons (Fsp3) is 0.588. The molecule has 0 aliphatic carbocycles. The van der Waals surface area contributed by atoms with Gasteiger partial charge in [0.15, 0.2) is 0 Å². The van der Waals surface area contributed by atoms with E-state index in [0.717, 1.165) is 12.8 Å². The molecular weight excluding hydrogens is 337 g/mol. The van der Waals surface area contributed by atoms with Crippen LogP contribution in [0, 0.1) is 0 Å². The van der Waals surface area contributed by atoms with E-state index >= 15 is 0 Å². The maximum absolute atomic E-state index is 12.5. The van der Waals surface area contributed by atoms with Crippen molar-refractivity contribution in [3.05, 3.63) is 33.8 Å². The molecule has 2 fully saturated rings. The van der Waals surface area contributed by atoms with Gasteiger partial charge in [-0.1, -0.05) is 29.3 Å². The average molecular weight is 358 g/mol. The lowest BCUT2D eigenvalue weighted by atomic mass is 9.98. The van der Waals surface area contributed by atoms with Gasteiger partial charge in [0.05, 0.1) is 6.61 Å². The number of piperidine rings is 1. The Morgan fingerprint density at radius 3 is 2.57 bits per heavy atom. The third-order valence-electron chi connectivity index (χ3n) is 5.14. The van der Waals surface area contributed by atoms with E-state index in [0.29, 0.717) is 27.7 Å². The number of aliphatic hydroxyl groups is 1. The van der Waals surface area contributed by atoms with Crippen molar-refractivity contribution >= 4 is 29.2 Å². The summed E-state index contributed by atoms with van der Waals surface area (Å²) in [7, 11) is 2.14. The molecule has 23 heavy (non-hydrogen) atoms. The van der Waals surface area contributed by atoms with Gasteiger partial charge in [-0.15, -0.1) is 0 Å². The third kappa shape index (κ3) is 3.50. The Kier molecular flexibility index (Phi) is 5.16. The lowest BCUT2D eigenvalue weighted by molar-refractivity contribution is -0.155. The zero-order chi connectivity index (χ0) is 16.6. The Labute approximate surface area is 146 Å². The van der Waals surface area contributed by atoms with Crippen LogP contribution in [0.2, 0.25) is 10.0 Å². The Balaban J connectivity index is 1.69. The molecule has 0 spiro atoms. The fourth-order valence-corrected chi connectivity index (χ4v) is 4.33. The number of rotatable bonds is 4. The Hall–Kier alpha value is -0.810. The Morgan fingerprint density at radius 2 is 2.00 bits per heavy atom. The molecule has 1 N–H and O–H groups in total. The van der Waals surface area contributed by atoms with Gasteiger partial charge in [-0.3, -0.25) is 4.79 Å². The molecule has 0 radical (unpaired) electrons. The summed E-state index contributed by atoms with van der Waals surface area (Å²) in [5.74, 6) is -1.18. The lowest BCUT2D eigenvalue weighted by Gasteiger charge is -2.36. The SMILES string of the molecule is CN1C2CCC1CC(OC(=O)C(CO)c1ccc(Cl)cc1Cl)C2. The molecule has 2 heterocycles. The molecule has 3 rings (SSSR count). The highest BCUT2D eigenvalue weighted by molar-refractivity contribution is 6.35. The fourth-order valence-electron chi connectivity index (χ4n) is 3.79. The highest BCUT2D eigenvalue weighted by atomic mass is 35.5. The van der Waals surface area contributed by atoms with Crippen LogP contribution in [0.25, 0.3) is 0 Å². The van der Waals surface area contributed by atoms with Gasteiger partial charge in [0, 0.05) is 22.1 Å². The molecule has 0 aromatic heterocycles. The smallest absolute Gasteiger partial charge is 0.316 e. The lowest BCUT2D eigenvalue weighted by Crippen LogP contribution is -2.43. The first kappa shape index (κ1) is 17.0. The predicted octanol–water partition coefficient (Wildman–Crippen LogP) is 3.24. The average Bonchev–Trinajstić information content (AvgIpc) is 2.72. The molecule has 126 valence electrons. The van der Waals surface area contributed by atoms with Crippen molar-refractivity contribution in [1.29, 1.82) is 0 Å². The van der Waals surface area contributed by atoms with Gasteiger partial charge in [0.25, 0.3) is 0 Å². The number of fused-ring (bicyclic) bond motifs is 2. The molecule has 1 aromatic carbocycles. The molecule has 1 aromatic rings. The zero-order valence-corrected chi connectivity index (χ0v) is 14.6. The second-order valence-corrected chi connectivity index (χ2v) is 7.33. The summed E-state index contributed by atoms with van der Waals surface area (Å²) in [6.07, 6.45) is 4.00. The van der Waals surface area contributed by atoms with Crippen molar-refractivity contribution in [2.75, 3.05) is 13.7 Å². The number of hydrogen-bond donors (Lipinski definition) is 1. The van der Waals surface area contributed by atoms with Crippen LogP contribution >= 0.6 is 23.2 Å². The predicted molar refractivity (Wildman–Crippen MR) is 90.0 cm³/mol. The molecule has 4 nitrogen and oxygen atoms in total. The summed E-state index contributed by atoms with van der Waals surface area (Å²) in [5.41, 5.74) is 0.555. The van der Waals surface area contributed by atoms with Crippen LogP contribution in [0.1, 0.15) is 37.2 Å². The molecular formula is C17H21Cl2NO3. The molecule has 2 aliphatic rings. The minimum Gasteiger partial charge on any atom is -0.462 e. The molecule has 2 bridgehead atoms. The number of nitrogens with zero attached hydrogens (tertiary/aromatic N) is 1. The quantitative estimate of drug-likeness (QED) is 0.840. The van der Waals surface area contributed by atoms with E-state index in [1.54, 1.807) is 18.2 Å². The van der Waals surface area contributed by atoms with Crippen LogP contribution in [0.5, 0.6) is 0 Å². The van der Waals surface area contributed by atoms with E-state index in [4.69, 9.17) is 27.9 Å². The van der Waals surface area contributed by atoms with Crippen molar-refractivity contribution < 1.29 is 14.6 Å². The number of halogens is 2. The summed E-state index contributed by atoms with van der Waals surface area (Å²) >= 11 is 12.0. The van der Waals surface area contributed by atoms with Crippen LogP contribution in [0.4, 0.5) is 0 Å². The van der Waals surface area contributed by atoms with Crippen molar-refractivity contribution in [3.63, 3.8) is 0 Å². The first-order valence-electron chi connectivity index (χ1n) is 7.97. The molecule has 6 heteroatoms. The van der Waals surface area contributed by atoms with Crippen LogP contribution in [-0.4, -0.2) is 47.8 Å². The maximum Gasteiger partial charge on any atom is 0.316 e. The zero-order valence-electron chi connectivity index (χ0n) is 13.0. The van der Waals surface area contributed by atoms with E-state index < -0.39 is 11.9 Å². The Bertz CT molecular complexity index is 581. The van der Waals surface area contributed by atoms with E-state index in [2.05, 4.69) is 11.9 Å². The van der Waals surface area contributed by atoms with E-state index in [9.17, 15) is 9.90 Å². The summed E-state index contributed by atoms with van der Waals surface area (Å²) in [6.45, 7) is -0.334. The molecule has 0 saturated carbocycles. The van der Waals surface area contributed by atoms with Crippen molar-refractivity contribution in [2.45, 2.75) is 49.8 Å².